The smallest absolute Gasteiger partial charge is 0.306 e. The van der Waals surface area contributed by atoms with Crippen LogP contribution in [0.2, 0.25) is 5.02 Å². The molecular weight excluding hydrogens is 308 g/mol. The van der Waals surface area contributed by atoms with Gasteiger partial charge in [0.25, 0.3) is 0 Å². The van der Waals surface area contributed by atoms with Crippen LogP contribution in [0.3, 0.4) is 0 Å². The van der Waals surface area contributed by atoms with E-state index < -0.39 is 0 Å². The molecular formula is C15H17ClN2O2S. The number of halogens is 1. The number of para-hydroxylation sites is 1. The summed E-state index contributed by atoms with van der Waals surface area (Å²) in [4.78, 5) is 15.8. The number of carbonyl (C=O) groups is 1. The number of carbonyl (C=O) groups excluding carboxylic acids is 1. The van der Waals surface area contributed by atoms with Gasteiger partial charge in [-0.2, -0.15) is 0 Å². The van der Waals surface area contributed by atoms with Crippen LogP contribution >= 0.6 is 22.9 Å². The fraction of sp³-hybridized carbons (Fsp3) is 0.333. The Balaban J connectivity index is 1.99. The predicted molar refractivity (Wildman–Crippen MR) is 86.5 cm³/mol. The summed E-state index contributed by atoms with van der Waals surface area (Å²) in [5.41, 5.74) is 2.80. The third-order valence-electron chi connectivity index (χ3n) is 2.90. The molecule has 0 aliphatic rings. The molecule has 1 aromatic heterocycles. The second-order valence-electron chi connectivity index (χ2n) is 4.51. The van der Waals surface area contributed by atoms with Gasteiger partial charge in [0.1, 0.15) is 0 Å². The Morgan fingerprint density at radius 1 is 1.48 bits per heavy atom. The average Bonchev–Trinajstić information content (AvgIpc) is 2.89. The lowest BCUT2D eigenvalue weighted by Crippen LogP contribution is -2.05. The summed E-state index contributed by atoms with van der Waals surface area (Å²) in [7, 11) is 0. The predicted octanol–water partition coefficient (Wildman–Crippen LogP) is 4.34. The summed E-state index contributed by atoms with van der Waals surface area (Å²) >= 11 is 7.67. The number of nitrogens with zero attached hydrogens (tertiary/aromatic N) is 1. The van der Waals surface area contributed by atoms with E-state index in [0.29, 0.717) is 24.5 Å². The standard InChI is InChI=1S/C15H17ClN2O2S/c1-3-20-13(19)8-7-11-9-21-15(17-11)18-14-10(2)5-4-6-12(14)16/h4-6,9H,3,7-8H2,1-2H3,(H,17,18). The maximum atomic E-state index is 11.3. The van der Waals surface area contributed by atoms with Crippen molar-refractivity contribution in [1.29, 1.82) is 0 Å². The molecule has 0 saturated heterocycles. The van der Waals surface area contributed by atoms with Crippen LogP contribution in [0.5, 0.6) is 0 Å². The number of hydrogen-bond acceptors (Lipinski definition) is 5. The van der Waals surface area contributed by atoms with E-state index in [0.717, 1.165) is 22.1 Å². The highest BCUT2D eigenvalue weighted by molar-refractivity contribution is 7.13. The maximum Gasteiger partial charge on any atom is 0.306 e. The van der Waals surface area contributed by atoms with Gasteiger partial charge in [0.15, 0.2) is 5.13 Å². The van der Waals surface area contributed by atoms with Crippen molar-refractivity contribution in [3.05, 3.63) is 39.9 Å². The van der Waals surface area contributed by atoms with Crippen LogP contribution in [-0.4, -0.2) is 17.6 Å². The molecule has 0 fully saturated rings. The molecule has 0 unspecified atom stereocenters. The second kappa shape index (κ2) is 7.43. The minimum Gasteiger partial charge on any atom is -0.466 e. The van der Waals surface area contributed by atoms with Crippen molar-refractivity contribution in [2.75, 3.05) is 11.9 Å². The monoisotopic (exact) mass is 324 g/mol. The zero-order valence-corrected chi connectivity index (χ0v) is 13.6. The number of hydrogen-bond donors (Lipinski definition) is 1. The van der Waals surface area contributed by atoms with E-state index >= 15 is 0 Å². The number of aryl methyl sites for hydroxylation is 2. The lowest BCUT2D eigenvalue weighted by Gasteiger charge is -2.08. The van der Waals surface area contributed by atoms with E-state index in [1.54, 1.807) is 6.92 Å². The molecule has 1 heterocycles. The molecule has 0 aliphatic carbocycles. The fourth-order valence-electron chi connectivity index (χ4n) is 1.84. The zero-order valence-electron chi connectivity index (χ0n) is 12.0. The molecule has 2 aromatic rings. The van der Waals surface area contributed by atoms with E-state index in [9.17, 15) is 4.79 Å². The Bertz CT molecular complexity index is 608. The first-order valence-corrected chi connectivity index (χ1v) is 7.98. The first-order chi connectivity index (χ1) is 10.1. The van der Waals surface area contributed by atoms with Gasteiger partial charge in [0, 0.05) is 11.8 Å². The first kappa shape index (κ1) is 15.8. The Kier molecular flexibility index (Phi) is 5.59. The molecule has 0 saturated carbocycles. The van der Waals surface area contributed by atoms with Crippen molar-refractivity contribution in [3.63, 3.8) is 0 Å². The molecule has 112 valence electrons. The molecule has 0 radical (unpaired) electrons. The summed E-state index contributed by atoms with van der Waals surface area (Å²) in [5, 5.41) is 6.60. The van der Waals surface area contributed by atoms with E-state index in [4.69, 9.17) is 16.3 Å². The third-order valence-corrected chi connectivity index (χ3v) is 4.02. The summed E-state index contributed by atoms with van der Waals surface area (Å²) in [6.07, 6.45) is 0.931. The highest BCUT2D eigenvalue weighted by Crippen LogP contribution is 2.30. The second-order valence-corrected chi connectivity index (χ2v) is 5.77. The van der Waals surface area contributed by atoms with Crippen molar-refractivity contribution in [3.8, 4) is 0 Å². The van der Waals surface area contributed by atoms with Gasteiger partial charge in [-0.3, -0.25) is 4.79 Å². The van der Waals surface area contributed by atoms with Gasteiger partial charge in [-0.05, 0) is 25.5 Å². The average molecular weight is 325 g/mol. The number of anilines is 2. The molecule has 0 spiro atoms. The van der Waals surface area contributed by atoms with Crippen LogP contribution in [0.25, 0.3) is 0 Å². The Morgan fingerprint density at radius 3 is 3.00 bits per heavy atom. The van der Waals surface area contributed by atoms with Gasteiger partial charge >= 0.3 is 5.97 Å². The number of esters is 1. The van der Waals surface area contributed by atoms with Crippen LogP contribution in [0.15, 0.2) is 23.6 Å². The molecule has 0 bridgehead atoms. The largest absolute Gasteiger partial charge is 0.466 e. The fourth-order valence-corrected chi connectivity index (χ4v) is 2.86. The lowest BCUT2D eigenvalue weighted by atomic mass is 10.2. The number of ether oxygens (including phenoxy) is 1. The SMILES string of the molecule is CCOC(=O)CCc1csc(Nc2c(C)cccc2Cl)n1. The van der Waals surface area contributed by atoms with Crippen LogP contribution in [0, 0.1) is 6.92 Å². The van der Waals surface area contributed by atoms with E-state index in [2.05, 4.69) is 10.3 Å². The Morgan fingerprint density at radius 2 is 2.29 bits per heavy atom. The third kappa shape index (κ3) is 4.44. The minimum atomic E-state index is -0.193. The van der Waals surface area contributed by atoms with E-state index in [-0.39, 0.29) is 5.97 Å². The minimum absolute atomic E-state index is 0.193. The van der Waals surface area contributed by atoms with Gasteiger partial charge in [-0.1, -0.05) is 23.7 Å². The van der Waals surface area contributed by atoms with Crippen molar-refractivity contribution >= 4 is 39.7 Å². The van der Waals surface area contributed by atoms with Gasteiger partial charge in [0.05, 0.1) is 29.4 Å². The maximum absolute atomic E-state index is 11.3. The number of thiazole rings is 1. The summed E-state index contributed by atoms with van der Waals surface area (Å²) in [6, 6.07) is 5.74. The summed E-state index contributed by atoms with van der Waals surface area (Å²) in [5.74, 6) is -0.193. The van der Waals surface area contributed by atoms with E-state index in [1.807, 2.05) is 30.5 Å². The van der Waals surface area contributed by atoms with Crippen molar-refractivity contribution in [2.45, 2.75) is 26.7 Å². The van der Waals surface area contributed by atoms with Crippen LogP contribution < -0.4 is 5.32 Å². The highest BCUT2D eigenvalue weighted by atomic mass is 35.5. The molecule has 0 aliphatic heterocycles. The Labute approximate surface area is 133 Å². The topological polar surface area (TPSA) is 51.2 Å². The molecule has 6 heteroatoms. The van der Waals surface area contributed by atoms with Crippen molar-refractivity contribution in [1.82, 2.24) is 4.98 Å². The summed E-state index contributed by atoms with van der Waals surface area (Å²) < 4.78 is 4.90. The number of benzene rings is 1. The van der Waals surface area contributed by atoms with Gasteiger partial charge in [-0.15, -0.1) is 11.3 Å². The van der Waals surface area contributed by atoms with Crippen molar-refractivity contribution < 1.29 is 9.53 Å². The molecule has 4 nitrogen and oxygen atoms in total. The van der Waals surface area contributed by atoms with Gasteiger partial charge < -0.3 is 10.1 Å². The molecule has 0 atom stereocenters. The molecule has 1 N–H and O–H groups in total. The van der Waals surface area contributed by atoms with Gasteiger partial charge in [-0.25, -0.2) is 4.98 Å². The number of rotatable bonds is 6. The van der Waals surface area contributed by atoms with Crippen LogP contribution in [0.1, 0.15) is 24.6 Å². The normalized spacial score (nSPS) is 10.4. The molecule has 1 aromatic carbocycles. The van der Waals surface area contributed by atoms with Crippen LogP contribution in [-0.2, 0) is 16.0 Å². The van der Waals surface area contributed by atoms with Crippen LogP contribution in [0.4, 0.5) is 10.8 Å². The molecule has 0 amide bonds. The number of aromatic nitrogens is 1. The number of nitrogens with one attached hydrogen (secondary N) is 1. The molecule has 21 heavy (non-hydrogen) atoms. The summed E-state index contributed by atoms with van der Waals surface area (Å²) in [6.45, 7) is 4.20. The highest BCUT2D eigenvalue weighted by Gasteiger charge is 2.09. The molecule has 2 rings (SSSR count). The quantitative estimate of drug-likeness (QED) is 0.803. The van der Waals surface area contributed by atoms with Gasteiger partial charge in [0.2, 0.25) is 0 Å². The van der Waals surface area contributed by atoms with Crippen molar-refractivity contribution in [2.24, 2.45) is 0 Å². The van der Waals surface area contributed by atoms with E-state index in [1.165, 1.54) is 11.3 Å². The Hall–Kier alpha value is -1.59. The first-order valence-electron chi connectivity index (χ1n) is 6.72. The lowest BCUT2D eigenvalue weighted by molar-refractivity contribution is -0.143. The zero-order chi connectivity index (χ0) is 15.2.